The monoisotopic (exact) mass is 277 g/mol. The second-order valence-corrected chi connectivity index (χ2v) is 4.65. The Hall–Kier alpha value is -1.94. The van der Waals surface area contributed by atoms with Gasteiger partial charge in [0, 0.05) is 11.1 Å². The zero-order valence-corrected chi connectivity index (χ0v) is 11.6. The molecule has 100 valence electrons. The zero-order chi connectivity index (χ0) is 13.8. The minimum absolute atomic E-state index is 0.0687. The van der Waals surface area contributed by atoms with Crippen LogP contribution in [0.1, 0.15) is 18.5 Å². The van der Waals surface area contributed by atoms with Crippen molar-refractivity contribution < 1.29 is 4.74 Å². The molecule has 1 aromatic heterocycles. The van der Waals surface area contributed by atoms with Gasteiger partial charge in [0.15, 0.2) is 5.82 Å². The van der Waals surface area contributed by atoms with Gasteiger partial charge >= 0.3 is 0 Å². The summed E-state index contributed by atoms with van der Waals surface area (Å²) < 4.78 is 5.09. The number of nitrogens with two attached hydrogens (primary N) is 1. The molecule has 3 N–H and O–H groups in total. The van der Waals surface area contributed by atoms with Gasteiger partial charge in [0.1, 0.15) is 0 Å². The molecule has 1 heterocycles. The van der Waals surface area contributed by atoms with Crippen molar-refractivity contribution >= 4 is 23.1 Å². The number of hydrogen-bond acceptors (Lipinski definition) is 4. The molecule has 2 aromatic rings. The van der Waals surface area contributed by atoms with Crippen LogP contribution in [0.2, 0.25) is 5.02 Å². The van der Waals surface area contributed by atoms with E-state index in [1.807, 2.05) is 31.2 Å². The number of benzene rings is 1. The Kier molecular flexibility index (Phi) is 4.12. The summed E-state index contributed by atoms with van der Waals surface area (Å²) in [7, 11) is 1.57. The Morgan fingerprint density at radius 3 is 2.53 bits per heavy atom. The third-order valence-electron chi connectivity index (χ3n) is 2.83. The van der Waals surface area contributed by atoms with Crippen LogP contribution < -0.4 is 15.8 Å². The quantitative estimate of drug-likeness (QED) is 0.898. The maximum atomic E-state index is 5.89. The molecule has 2 rings (SSSR count). The Morgan fingerprint density at radius 2 is 1.89 bits per heavy atom. The van der Waals surface area contributed by atoms with Crippen molar-refractivity contribution in [3.8, 4) is 5.88 Å². The van der Waals surface area contributed by atoms with Crippen LogP contribution in [-0.4, -0.2) is 12.1 Å². The van der Waals surface area contributed by atoms with E-state index < -0.39 is 0 Å². The van der Waals surface area contributed by atoms with E-state index in [0.717, 1.165) is 10.6 Å². The van der Waals surface area contributed by atoms with Crippen LogP contribution in [-0.2, 0) is 0 Å². The number of methoxy groups -OCH3 is 1. The van der Waals surface area contributed by atoms with Crippen LogP contribution in [0.15, 0.2) is 36.4 Å². The standard InChI is InChI=1S/C14H16ClN3O/c1-9(10-3-5-11(15)6-4-10)17-14-12(16)7-8-13(18-14)19-2/h3-9H,16H2,1-2H3,(H,17,18). The first-order valence-electron chi connectivity index (χ1n) is 5.92. The highest BCUT2D eigenvalue weighted by atomic mass is 35.5. The largest absolute Gasteiger partial charge is 0.481 e. The molecule has 0 aliphatic heterocycles. The molecule has 0 radical (unpaired) electrons. The molecule has 0 saturated heterocycles. The van der Waals surface area contributed by atoms with Crippen molar-refractivity contribution in [3.05, 3.63) is 47.0 Å². The molecule has 1 unspecified atom stereocenters. The van der Waals surface area contributed by atoms with E-state index in [2.05, 4.69) is 10.3 Å². The van der Waals surface area contributed by atoms with Gasteiger partial charge in [0.25, 0.3) is 0 Å². The van der Waals surface area contributed by atoms with E-state index in [0.29, 0.717) is 17.4 Å². The number of rotatable bonds is 4. The van der Waals surface area contributed by atoms with Crippen LogP contribution in [0, 0.1) is 0 Å². The molecule has 1 atom stereocenters. The summed E-state index contributed by atoms with van der Waals surface area (Å²) >= 11 is 5.87. The molecule has 0 fully saturated rings. The second-order valence-electron chi connectivity index (χ2n) is 4.21. The minimum Gasteiger partial charge on any atom is -0.481 e. The highest BCUT2D eigenvalue weighted by molar-refractivity contribution is 6.30. The van der Waals surface area contributed by atoms with Gasteiger partial charge in [0.05, 0.1) is 18.8 Å². The summed E-state index contributed by atoms with van der Waals surface area (Å²) in [6.45, 7) is 2.03. The molecule has 0 saturated carbocycles. The number of nitrogen functional groups attached to an aromatic ring is 1. The van der Waals surface area contributed by atoms with Crippen LogP contribution in [0.3, 0.4) is 0 Å². The average molecular weight is 278 g/mol. The van der Waals surface area contributed by atoms with Gasteiger partial charge in [-0.2, -0.15) is 4.98 Å². The third kappa shape index (κ3) is 3.29. The fraction of sp³-hybridized carbons (Fsp3) is 0.214. The van der Waals surface area contributed by atoms with Crippen LogP contribution in [0.5, 0.6) is 5.88 Å². The molecule has 0 aliphatic rings. The van der Waals surface area contributed by atoms with Gasteiger partial charge in [-0.1, -0.05) is 23.7 Å². The maximum absolute atomic E-state index is 5.89. The van der Waals surface area contributed by atoms with Crippen molar-refractivity contribution in [2.24, 2.45) is 0 Å². The smallest absolute Gasteiger partial charge is 0.215 e. The number of hydrogen-bond donors (Lipinski definition) is 2. The van der Waals surface area contributed by atoms with E-state index in [4.69, 9.17) is 22.1 Å². The highest BCUT2D eigenvalue weighted by Gasteiger charge is 2.09. The van der Waals surface area contributed by atoms with Crippen LogP contribution >= 0.6 is 11.6 Å². The van der Waals surface area contributed by atoms with Crippen LogP contribution in [0.4, 0.5) is 11.5 Å². The Morgan fingerprint density at radius 1 is 1.21 bits per heavy atom. The molecule has 4 nitrogen and oxygen atoms in total. The third-order valence-corrected chi connectivity index (χ3v) is 3.09. The molecule has 0 aliphatic carbocycles. The van der Waals surface area contributed by atoms with E-state index in [1.54, 1.807) is 19.2 Å². The van der Waals surface area contributed by atoms with E-state index in [-0.39, 0.29) is 6.04 Å². The van der Waals surface area contributed by atoms with Crippen molar-refractivity contribution in [2.45, 2.75) is 13.0 Å². The fourth-order valence-corrected chi connectivity index (χ4v) is 1.85. The molecule has 0 spiro atoms. The highest BCUT2D eigenvalue weighted by Crippen LogP contribution is 2.25. The lowest BCUT2D eigenvalue weighted by molar-refractivity contribution is 0.398. The first-order valence-corrected chi connectivity index (χ1v) is 6.30. The molecule has 1 aromatic carbocycles. The van der Waals surface area contributed by atoms with Gasteiger partial charge < -0.3 is 15.8 Å². The number of aromatic nitrogens is 1. The Bertz CT molecular complexity index is 557. The van der Waals surface area contributed by atoms with Gasteiger partial charge in [-0.15, -0.1) is 0 Å². The van der Waals surface area contributed by atoms with Crippen molar-refractivity contribution in [1.82, 2.24) is 4.98 Å². The van der Waals surface area contributed by atoms with Gasteiger partial charge in [-0.25, -0.2) is 0 Å². The zero-order valence-electron chi connectivity index (χ0n) is 10.9. The predicted molar refractivity (Wildman–Crippen MR) is 78.7 cm³/mol. The Balaban J connectivity index is 2.18. The van der Waals surface area contributed by atoms with Gasteiger partial charge in [0.2, 0.25) is 5.88 Å². The second kappa shape index (κ2) is 5.80. The fourth-order valence-electron chi connectivity index (χ4n) is 1.72. The number of nitrogens with one attached hydrogen (secondary N) is 1. The summed E-state index contributed by atoms with van der Waals surface area (Å²) in [4.78, 5) is 4.29. The summed E-state index contributed by atoms with van der Waals surface area (Å²) in [5.74, 6) is 1.14. The topological polar surface area (TPSA) is 60.2 Å². The molecule has 0 bridgehead atoms. The summed E-state index contributed by atoms with van der Waals surface area (Å²) in [6, 6.07) is 11.2. The van der Waals surface area contributed by atoms with Gasteiger partial charge in [-0.3, -0.25) is 0 Å². The van der Waals surface area contributed by atoms with Crippen molar-refractivity contribution in [3.63, 3.8) is 0 Å². The first-order chi connectivity index (χ1) is 9.10. The Labute approximate surface area is 117 Å². The molecule has 5 heteroatoms. The SMILES string of the molecule is COc1ccc(N)c(NC(C)c2ccc(Cl)cc2)n1. The minimum atomic E-state index is 0.0687. The lowest BCUT2D eigenvalue weighted by Gasteiger charge is -2.16. The lowest BCUT2D eigenvalue weighted by Crippen LogP contribution is -2.10. The average Bonchev–Trinajstić information content (AvgIpc) is 2.42. The molecular weight excluding hydrogens is 262 g/mol. The first kappa shape index (κ1) is 13.5. The van der Waals surface area contributed by atoms with Crippen molar-refractivity contribution in [2.75, 3.05) is 18.2 Å². The van der Waals surface area contributed by atoms with E-state index in [9.17, 15) is 0 Å². The molecule has 0 amide bonds. The summed E-state index contributed by atoms with van der Waals surface area (Å²) in [5.41, 5.74) is 7.58. The number of halogens is 1. The van der Waals surface area contributed by atoms with Gasteiger partial charge in [-0.05, 0) is 30.7 Å². The lowest BCUT2D eigenvalue weighted by atomic mass is 10.1. The van der Waals surface area contributed by atoms with E-state index in [1.165, 1.54) is 0 Å². The number of pyridine rings is 1. The molecule has 19 heavy (non-hydrogen) atoms. The predicted octanol–water partition coefficient (Wildman–Crippen LogP) is 3.50. The number of anilines is 2. The number of ether oxygens (including phenoxy) is 1. The van der Waals surface area contributed by atoms with Crippen molar-refractivity contribution in [1.29, 1.82) is 0 Å². The number of nitrogens with zero attached hydrogens (tertiary/aromatic N) is 1. The molecular formula is C14H16ClN3O. The van der Waals surface area contributed by atoms with E-state index >= 15 is 0 Å². The summed E-state index contributed by atoms with van der Waals surface area (Å²) in [5, 5.41) is 3.98. The normalized spacial score (nSPS) is 11.9. The summed E-state index contributed by atoms with van der Waals surface area (Å²) in [6.07, 6.45) is 0. The maximum Gasteiger partial charge on any atom is 0.215 e. The van der Waals surface area contributed by atoms with Crippen LogP contribution in [0.25, 0.3) is 0 Å².